The predicted octanol–water partition coefficient (Wildman–Crippen LogP) is 2.34. The van der Waals surface area contributed by atoms with E-state index in [-0.39, 0.29) is 11.3 Å². The van der Waals surface area contributed by atoms with E-state index >= 15 is 0 Å². The molecule has 96 valence electrons. The van der Waals surface area contributed by atoms with Crippen LogP contribution in [0.15, 0.2) is 30.5 Å². The first-order valence-corrected chi connectivity index (χ1v) is 5.51. The normalized spacial score (nSPS) is 9.74. The fourth-order valence-electron chi connectivity index (χ4n) is 1.69. The molecule has 1 aromatic carbocycles. The zero-order valence-corrected chi connectivity index (χ0v) is 10.5. The second-order valence-electron chi connectivity index (χ2n) is 3.77. The van der Waals surface area contributed by atoms with Crippen molar-refractivity contribution in [2.45, 2.75) is 0 Å². The van der Waals surface area contributed by atoms with Crippen molar-refractivity contribution in [3.63, 3.8) is 0 Å². The van der Waals surface area contributed by atoms with Gasteiger partial charge in [0.05, 0.1) is 31.7 Å². The Morgan fingerprint density at radius 3 is 2.53 bits per heavy atom. The molecule has 1 aromatic heterocycles. The van der Waals surface area contributed by atoms with Crippen molar-refractivity contribution in [1.82, 2.24) is 4.98 Å². The van der Waals surface area contributed by atoms with Gasteiger partial charge in [0.25, 0.3) is 0 Å². The molecule has 2 rings (SSSR count). The molecule has 0 spiro atoms. The average Bonchev–Trinajstić information content (AvgIpc) is 2.47. The van der Waals surface area contributed by atoms with E-state index in [2.05, 4.69) is 4.98 Å². The van der Waals surface area contributed by atoms with Gasteiger partial charge in [-0.25, -0.2) is 0 Å². The molecule has 19 heavy (non-hydrogen) atoms. The number of ether oxygens (including phenoxy) is 2. The SMILES string of the molecule is COc1ccc(-c2cc(C#N)c(O)cn2)cc1OC. The van der Waals surface area contributed by atoms with Crippen LogP contribution in [0.3, 0.4) is 0 Å². The summed E-state index contributed by atoms with van der Waals surface area (Å²) in [4.78, 5) is 4.09. The van der Waals surface area contributed by atoms with E-state index < -0.39 is 0 Å². The number of hydrogen-bond acceptors (Lipinski definition) is 5. The second-order valence-corrected chi connectivity index (χ2v) is 3.77. The lowest BCUT2D eigenvalue weighted by atomic mass is 10.1. The Bertz CT molecular complexity index is 648. The van der Waals surface area contributed by atoms with Crippen LogP contribution >= 0.6 is 0 Å². The number of rotatable bonds is 3. The van der Waals surface area contributed by atoms with Crippen LogP contribution in [0.25, 0.3) is 11.3 Å². The van der Waals surface area contributed by atoms with Crippen LogP contribution in [-0.2, 0) is 0 Å². The molecule has 5 nitrogen and oxygen atoms in total. The van der Waals surface area contributed by atoms with Gasteiger partial charge >= 0.3 is 0 Å². The number of aromatic nitrogens is 1. The van der Waals surface area contributed by atoms with Gasteiger partial charge in [-0.05, 0) is 24.3 Å². The van der Waals surface area contributed by atoms with Crippen LogP contribution in [-0.4, -0.2) is 24.3 Å². The van der Waals surface area contributed by atoms with E-state index in [1.54, 1.807) is 26.4 Å². The molecule has 5 heteroatoms. The summed E-state index contributed by atoms with van der Waals surface area (Å²) in [6.07, 6.45) is 1.25. The van der Waals surface area contributed by atoms with Crippen molar-refractivity contribution in [3.05, 3.63) is 36.0 Å². The standard InChI is InChI=1S/C14H12N2O3/c1-18-13-4-3-9(6-14(13)19-2)11-5-10(7-15)12(17)8-16-11/h3-6,8,17H,1-2H3. The number of nitrogens with zero attached hydrogens (tertiary/aromatic N) is 2. The van der Waals surface area contributed by atoms with E-state index in [1.807, 2.05) is 12.1 Å². The zero-order valence-electron chi connectivity index (χ0n) is 10.5. The third-order valence-corrected chi connectivity index (χ3v) is 2.68. The smallest absolute Gasteiger partial charge is 0.161 e. The second kappa shape index (κ2) is 5.27. The first kappa shape index (κ1) is 12.7. The van der Waals surface area contributed by atoms with E-state index in [1.165, 1.54) is 12.3 Å². The van der Waals surface area contributed by atoms with Gasteiger partial charge in [0.2, 0.25) is 0 Å². The largest absolute Gasteiger partial charge is 0.505 e. The Balaban J connectivity index is 2.50. The molecule has 0 amide bonds. The quantitative estimate of drug-likeness (QED) is 0.912. The topological polar surface area (TPSA) is 75.4 Å². The van der Waals surface area contributed by atoms with Crippen molar-refractivity contribution in [1.29, 1.82) is 5.26 Å². The van der Waals surface area contributed by atoms with Crippen molar-refractivity contribution in [2.75, 3.05) is 14.2 Å². The number of hydrogen-bond donors (Lipinski definition) is 1. The van der Waals surface area contributed by atoms with Crippen molar-refractivity contribution in [3.8, 4) is 34.6 Å². The molecule has 2 aromatic rings. The van der Waals surface area contributed by atoms with Crippen molar-refractivity contribution in [2.24, 2.45) is 0 Å². The predicted molar refractivity (Wildman–Crippen MR) is 69.2 cm³/mol. The van der Waals surface area contributed by atoms with Crippen LogP contribution in [0.2, 0.25) is 0 Å². The van der Waals surface area contributed by atoms with Crippen molar-refractivity contribution >= 4 is 0 Å². The molecule has 1 N–H and O–H groups in total. The fourth-order valence-corrected chi connectivity index (χ4v) is 1.69. The number of aromatic hydroxyl groups is 1. The van der Waals surface area contributed by atoms with E-state index in [4.69, 9.17) is 14.7 Å². The highest BCUT2D eigenvalue weighted by Crippen LogP contribution is 2.32. The molecular weight excluding hydrogens is 244 g/mol. The monoisotopic (exact) mass is 256 g/mol. The van der Waals surface area contributed by atoms with Gasteiger partial charge in [-0.3, -0.25) is 4.98 Å². The third kappa shape index (κ3) is 2.43. The lowest BCUT2D eigenvalue weighted by Crippen LogP contribution is -1.92. The molecule has 0 aliphatic rings. The summed E-state index contributed by atoms with van der Waals surface area (Å²) in [6, 6.07) is 8.76. The number of benzene rings is 1. The maximum absolute atomic E-state index is 9.44. The summed E-state index contributed by atoms with van der Waals surface area (Å²) < 4.78 is 10.4. The molecule has 0 bridgehead atoms. The van der Waals surface area contributed by atoms with Gasteiger partial charge in [0.1, 0.15) is 6.07 Å². The molecule has 0 fully saturated rings. The molecule has 0 aliphatic heterocycles. The minimum absolute atomic E-state index is 0.133. The Hall–Kier alpha value is -2.74. The molecular formula is C14H12N2O3. The minimum Gasteiger partial charge on any atom is -0.505 e. The molecule has 0 saturated carbocycles. The van der Waals surface area contributed by atoms with Crippen LogP contribution in [0.1, 0.15) is 5.56 Å². The molecule has 0 atom stereocenters. The highest BCUT2D eigenvalue weighted by molar-refractivity contribution is 5.66. The molecule has 0 saturated heterocycles. The Labute approximate surface area is 110 Å². The van der Waals surface area contributed by atoms with Crippen LogP contribution in [0, 0.1) is 11.3 Å². The first-order chi connectivity index (χ1) is 9.19. The Kier molecular flexibility index (Phi) is 3.53. The molecule has 0 radical (unpaired) electrons. The number of pyridine rings is 1. The molecule has 0 aliphatic carbocycles. The van der Waals surface area contributed by atoms with E-state index in [0.29, 0.717) is 17.2 Å². The average molecular weight is 256 g/mol. The number of nitriles is 1. The lowest BCUT2D eigenvalue weighted by molar-refractivity contribution is 0.355. The maximum atomic E-state index is 9.44. The summed E-state index contributed by atoms with van der Waals surface area (Å²) in [6.45, 7) is 0. The van der Waals surface area contributed by atoms with E-state index in [9.17, 15) is 5.11 Å². The maximum Gasteiger partial charge on any atom is 0.161 e. The van der Waals surface area contributed by atoms with Gasteiger partial charge in [0.15, 0.2) is 17.2 Å². The van der Waals surface area contributed by atoms with Crippen LogP contribution in [0.4, 0.5) is 0 Å². The first-order valence-electron chi connectivity index (χ1n) is 5.51. The molecule has 0 unspecified atom stereocenters. The summed E-state index contributed by atoms with van der Waals surface area (Å²) >= 11 is 0. The van der Waals surface area contributed by atoms with Gasteiger partial charge in [0, 0.05) is 5.56 Å². The Morgan fingerprint density at radius 1 is 1.16 bits per heavy atom. The number of methoxy groups -OCH3 is 2. The van der Waals surface area contributed by atoms with Crippen LogP contribution < -0.4 is 9.47 Å². The van der Waals surface area contributed by atoms with Crippen LogP contribution in [0.5, 0.6) is 17.2 Å². The zero-order chi connectivity index (χ0) is 13.8. The fraction of sp³-hybridized carbons (Fsp3) is 0.143. The van der Waals surface area contributed by atoms with E-state index in [0.717, 1.165) is 5.56 Å². The van der Waals surface area contributed by atoms with Gasteiger partial charge in [-0.1, -0.05) is 0 Å². The lowest BCUT2D eigenvalue weighted by Gasteiger charge is -2.09. The summed E-state index contributed by atoms with van der Waals surface area (Å²) in [7, 11) is 3.11. The highest BCUT2D eigenvalue weighted by atomic mass is 16.5. The molecule has 1 heterocycles. The summed E-state index contributed by atoms with van der Waals surface area (Å²) in [5, 5.41) is 18.3. The van der Waals surface area contributed by atoms with Crippen molar-refractivity contribution < 1.29 is 14.6 Å². The van der Waals surface area contributed by atoms with Gasteiger partial charge in [-0.2, -0.15) is 5.26 Å². The summed E-state index contributed by atoms with van der Waals surface area (Å²) in [5.41, 5.74) is 1.53. The van der Waals surface area contributed by atoms with Gasteiger partial charge < -0.3 is 14.6 Å². The summed E-state index contributed by atoms with van der Waals surface area (Å²) in [5.74, 6) is 1.06. The highest BCUT2D eigenvalue weighted by Gasteiger charge is 2.09. The third-order valence-electron chi connectivity index (χ3n) is 2.68. The minimum atomic E-state index is -0.133. The Morgan fingerprint density at radius 2 is 1.89 bits per heavy atom. The van der Waals surface area contributed by atoms with Gasteiger partial charge in [-0.15, -0.1) is 0 Å².